The third kappa shape index (κ3) is 3.62. The van der Waals surface area contributed by atoms with Crippen molar-refractivity contribution in [2.24, 2.45) is 0 Å². The third-order valence-electron chi connectivity index (χ3n) is 5.65. The van der Waals surface area contributed by atoms with Crippen LogP contribution < -0.4 is 0 Å². The highest BCUT2D eigenvalue weighted by Gasteiger charge is 2.20. The van der Waals surface area contributed by atoms with Crippen LogP contribution in [-0.4, -0.2) is 34.5 Å². The van der Waals surface area contributed by atoms with Crippen molar-refractivity contribution in [2.75, 3.05) is 13.2 Å². The van der Waals surface area contributed by atoms with E-state index in [4.69, 9.17) is 9.47 Å². The van der Waals surface area contributed by atoms with Crippen LogP contribution in [0, 0.1) is 11.6 Å². The number of ether oxygens (including phenoxy) is 2. The minimum Gasteiger partial charge on any atom is -0.449 e. The zero-order chi connectivity index (χ0) is 22.2. The summed E-state index contributed by atoms with van der Waals surface area (Å²) in [6.45, 7) is 0.258. The van der Waals surface area contributed by atoms with Crippen molar-refractivity contribution in [3.05, 3.63) is 71.6 Å². The van der Waals surface area contributed by atoms with Crippen LogP contribution in [0.25, 0.3) is 21.8 Å². The van der Waals surface area contributed by atoms with Gasteiger partial charge in [-0.3, -0.25) is 0 Å². The molecule has 0 aliphatic carbocycles. The van der Waals surface area contributed by atoms with Gasteiger partial charge in [-0.05, 0) is 74.2 Å². The Labute approximate surface area is 181 Å². The van der Waals surface area contributed by atoms with Gasteiger partial charge in [-0.2, -0.15) is 0 Å². The van der Waals surface area contributed by atoms with Crippen molar-refractivity contribution in [2.45, 2.75) is 25.7 Å². The molecular weight excluding hydrogens is 418 g/mol. The fourth-order valence-electron chi connectivity index (χ4n) is 4.24. The molecule has 0 spiro atoms. The number of carbonyl (C=O) groups is 2. The number of hydrogen-bond acceptors (Lipinski definition) is 4. The molecule has 5 rings (SSSR count). The summed E-state index contributed by atoms with van der Waals surface area (Å²) in [5.74, 6) is -0.771. The van der Waals surface area contributed by atoms with Gasteiger partial charge in [0.25, 0.3) is 0 Å². The molecule has 0 bridgehead atoms. The van der Waals surface area contributed by atoms with Gasteiger partial charge in [-0.15, -0.1) is 0 Å². The lowest BCUT2D eigenvalue weighted by Crippen LogP contribution is -2.20. The zero-order valence-corrected chi connectivity index (χ0v) is 17.1. The Hall–Kier alpha value is -3.68. The highest BCUT2D eigenvalue weighted by molar-refractivity contribution is 5.92. The topological polar surface area (TPSA) is 62.5 Å². The summed E-state index contributed by atoms with van der Waals surface area (Å²) in [7, 11) is 0. The lowest BCUT2D eigenvalue weighted by atomic mass is 10.2. The number of aryl methyl sites for hydroxylation is 2. The fourth-order valence-corrected chi connectivity index (χ4v) is 4.24. The molecule has 164 valence electrons. The van der Waals surface area contributed by atoms with Crippen molar-refractivity contribution in [3.63, 3.8) is 0 Å². The maximum absolute atomic E-state index is 13.7. The Morgan fingerprint density at radius 1 is 0.656 bits per heavy atom. The molecular formula is C24H20F2N2O4. The number of cyclic esters (lactones) is 2. The van der Waals surface area contributed by atoms with E-state index in [0.717, 1.165) is 0 Å². The molecule has 0 amide bonds. The number of carbonyl (C=O) groups excluding carboxylic acids is 2. The first-order valence-electron chi connectivity index (χ1n) is 10.5. The van der Waals surface area contributed by atoms with Gasteiger partial charge in [-0.25, -0.2) is 27.5 Å². The van der Waals surface area contributed by atoms with Gasteiger partial charge in [0, 0.05) is 22.2 Å². The van der Waals surface area contributed by atoms with Crippen LogP contribution in [0.3, 0.4) is 0 Å². The molecule has 3 heterocycles. The van der Waals surface area contributed by atoms with E-state index >= 15 is 0 Å². The first-order valence-corrected chi connectivity index (χ1v) is 10.5. The quantitative estimate of drug-likeness (QED) is 0.368. The first-order chi connectivity index (χ1) is 15.5. The average Bonchev–Trinajstić information content (AvgIpc) is 3.30. The Kier molecular flexibility index (Phi) is 5.13. The molecule has 6 nitrogen and oxygen atoms in total. The molecule has 2 aromatic carbocycles. The van der Waals surface area contributed by atoms with Crippen LogP contribution >= 0.6 is 0 Å². The number of fused-ring (bicyclic) bond motifs is 6. The number of hydrogen-bond donors (Lipinski definition) is 0. The van der Waals surface area contributed by atoms with Crippen molar-refractivity contribution in [3.8, 4) is 0 Å². The van der Waals surface area contributed by atoms with Crippen LogP contribution in [0.15, 0.2) is 48.5 Å². The van der Waals surface area contributed by atoms with E-state index in [0.29, 0.717) is 58.9 Å². The lowest BCUT2D eigenvalue weighted by Gasteiger charge is -2.14. The molecule has 0 saturated heterocycles. The molecule has 0 saturated carbocycles. The van der Waals surface area contributed by atoms with E-state index in [-0.39, 0.29) is 24.8 Å². The van der Waals surface area contributed by atoms with E-state index < -0.39 is 12.2 Å². The summed E-state index contributed by atoms with van der Waals surface area (Å²) in [6, 6.07) is 12.0. The maximum Gasteiger partial charge on any atom is 0.418 e. The maximum atomic E-state index is 13.7. The smallest absolute Gasteiger partial charge is 0.418 e. The van der Waals surface area contributed by atoms with Crippen LogP contribution in [0.5, 0.6) is 0 Å². The minimum atomic E-state index is -0.529. The molecule has 32 heavy (non-hydrogen) atoms. The zero-order valence-electron chi connectivity index (χ0n) is 17.1. The van der Waals surface area contributed by atoms with E-state index in [2.05, 4.69) is 0 Å². The van der Waals surface area contributed by atoms with Gasteiger partial charge in [0.15, 0.2) is 0 Å². The molecule has 8 heteroatoms. The Balaban J connectivity index is 1.47. The third-order valence-corrected chi connectivity index (χ3v) is 5.65. The summed E-state index contributed by atoms with van der Waals surface area (Å²) in [5, 5.41) is 1.21. The molecule has 0 radical (unpaired) electrons. The van der Waals surface area contributed by atoms with Crippen LogP contribution in [0.2, 0.25) is 0 Å². The Morgan fingerprint density at radius 2 is 1.09 bits per heavy atom. The molecule has 2 aromatic heterocycles. The molecule has 1 aliphatic heterocycles. The molecule has 1 aliphatic rings. The van der Waals surface area contributed by atoms with Gasteiger partial charge in [0.1, 0.15) is 11.6 Å². The summed E-state index contributed by atoms with van der Waals surface area (Å²) >= 11 is 0. The molecule has 0 atom stereocenters. The van der Waals surface area contributed by atoms with Gasteiger partial charge in [0.05, 0.1) is 24.2 Å². The highest BCUT2D eigenvalue weighted by atomic mass is 19.1. The second-order valence-corrected chi connectivity index (χ2v) is 7.78. The molecule has 4 aromatic rings. The summed E-state index contributed by atoms with van der Waals surface area (Å²) in [6.07, 6.45) is 0.727. The minimum absolute atomic E-state index is 0.129. The largest absolute Gasteiger partial charge is 0.449 e. The molecule has 0 fully saturated rings. The van der Waals surface area contributed by atoms with E-state index in [1.54, 1.807) is 24.3 Å². The van der Waals surface area contributed by atoms with Gasteiger partial charge >= 0.3 is 12.2 Å². The predicted octanol–water partition coefficient (Wildman–Crippen LogP) is 5.42. The summed E-state index contributed by atoms with van der Waals surface area (Å²) < 4.78 is 41.2. The predicted molar refractivity (Wildman–Crippen MR) is 114 cm³/mol. The SMILES string of the molecule is O=C1OCCCc2cc3cc(F)ccc3n2C(=O)OCCCc2cc3cc(F)ccc3n21. The monoisotopic (exact) mass is 438 g/mol. The van der Waals surface area contributed by atoms with E-state index in [1.807, 2.05) is 0 Å². The summed E-state index contributed by atoms with van der Waals surface area (Å²) in [4.78, 5) is 25.7. The van der Waals surface area contributed by atoms with Crippen molar-refractivity contribution in [1.82, 2.24) is 9.13 Å². The highest BCUT2D eigenvalue weighted by Crippen LogP contribution is 2.25. The number of nitrogens with zero attached hydrogens (tertiary/aromatic N) is 2. The van der Waals surface area contributed by atoms with Crippen LogP contribution in [0.4, 0.5) is 18.4 Å². The van der Waals surface area contributed by atoms with Crippen molar-refractivity contribution >= 4 is 34.0 Å². The number of aromatic nitrogens is 2. The van der Waals surface area contributed by atoms with E-state index in [1.165, 1.54) is 33.4 Å². The van der Waals surface area contributed by atoms with Gasteiger partial charge in [-0.1, -0.05) is 0 Å². The van der Waals surface area contributed by atoms with Crippen molar-refractivity contribution < 1.29 is 27.8 Å². The van der Waals surface area contributed by atoms with Crippen LogP contribution in [-0.2, 0) is 22.3 Å². The van der Waals surface area contributed by atoms with Crippen molar-refractivity contribution in [1.29, 1.82) is 0 Å². The lowest BCUT2D eigenvalue weighted by molar-refractivity contribution is 0.140. The fraction of sp³-hybridized carbons (Fsp3) is 0.250. The van der Waals surface area contributed by atoms with Gasteiger partial charge in [0.2, 0.25) is 0 Å². The Morgan fingerprint density at radius 3 is 1.53 bits per heavy atom. The second kappa shape index (κ2) is 8.11. The summed E-state index contributed by atoms with van der Waals surface area (Å²) in [5.41, 5.74) is 2.45. The average molecular weight is 438 g/mol. The van der Waals surface area contributed by atoms with E-state index in [9.17, 15) is 18.4 Å². The Bertz CT molecular complexity index is 1250. The molecule has 0 N–H and O–H groups in total. The number of benzene rings is 2. The number of rotatable bonds is 0. The molecule has 0 unspecified atom stereocenters. The van der Waals surface area contributed by atoms with Crippen LogP contribution in [0.1, 0.15) is 24.2 Å². The first kappa shape index (κ1) is 20.2. The standard InChI is InChI=1S/C24H20F2N2O4/c25-17-5-7-21-15(11-17)13-19-3-1-9-31-23(29)28-20(4-2-10-32-24(30)27(19)21)14-16-12-18(26)6-8-22(16)28/h5-8,11-14H,1-4,9-10H2. The van der Waals surface area contributed by atoms with Gasteiger partial charge < -0.3 is 9.47 Å². The number of halogens is 2. The second-order valence-electron chi connectivity index (χ2n) is 7.78. The normalized spacial score (nSPS) is 15.7.